The van der Waals surface area contributed by atoms with Crippen LogP contribution < -0.4 is 10.5 Å². The van der Waals surface area contributed by atoms with Crippen LogP contribution in [0, 0.1) is 5.92 Å². The molecule has 0 saturated carbocycles. The zero-order chi connectivity index (χ0) is 13.5. The van der Waals surface area contributed by atoms with Gasteiger partial charge in [0.2, 0.25) is 0 Å². The predicted octanol–water partition coefficient (Wildman–Crippen LogP) is 1.72. The van der Waals surface area contributed by atoms with E-state index in [2.05, 4.69) is 0 Å². The van der Waals surface area contributed by atoms with Crippen molar-refractivity contribution in [2.75, 3.05) is 0 Å². The minimum absolute atomic E-state index is 0.0806. The first-order valence-electron chi connectivity index (χ1n) is 6.18. The maximum Gasteiger partial charge on any atom is 0.313 e. The number of hydrogen-bond donors (Lipinski definition) is 2. The first-order valence-corrected chi connectivity index (χ1v) is 6.18. The molecule has 0 fully saturated rings. The number of carbonyl (C=O) groups excluding carboxylic acids is 1. The molecule has 1 aromatic carbocycles. The molecule has 3 N–H and O–H groups in total. The SMILES string of the molecule is CC(C)C[C@H](N)[C@@H](O)CC(=O)Oc1ccccc1. The monoisotopic (exact) mass is 251 g/mol. The second-order valence-electron chi connectivity index (χ2n) is 4.85. The molecule has 0 aromatic heterocycles. The van der Waals surface area contributed by atoms with E-state index in [1.54, 1.807) is 24.3 Å². The van der Waals surface area contributed by atoms with Gasteiger partial charge in [-0.05, 0) is 24.5 Å². The standard InChI is InChI=1S/C14H21NO3/c1-10(2)8-12(15)13(16)9-14(17)18-11-6-4-3-5-7-11/h3-7,10,12-13,16H,8-9,15H2,1-2H3/t12-,13-/m0/s1. The summed E-state index contributed by atoms with van der Waals surface area (Å²) < 4.78 is 5.09. The van der Waals surface area contributed by atoms with Crippen molar-refractivity contribution < 1.29 is 14.6 Å². The molecule has 100 valence electrons. The molecule has 1 rings (SSSR count). The third-order valence-corrected chi connectivity index (χ3v) is 2.59. The summed E-state index contributed by atoms with van der Waals surface area (Å²) in [6.45, 7) is 4.05. The van der Waals surface area contributed by atoms with E-state index >= 15 is 0 Å². The maximum absolute atomic E-state index is 11.6. The van der Waals surface area contributed by atoms with Gasteiger partial charge in [-0.1, -0.05) is 32.0 Å². The highest BCUT2D eigenvalue weighted by atomic mass is 16.5. The molecule has 0 bridgehead atoms. The fraction of sp³-hybridized carbons (Fsp3) is 0.500. The topological polar surface area (TPSA) is 72.5 Å². The summed E-state index contributed by atoms with van der Waals surface area (Å²) in [5.74, 6) is 0.403. The smallest absolute Gasteiger partial charge is 0.313 e. The Morgan fingerprint density at radius 1 is 1.33 bits per heavy atom. The summed E-state index contributed by atoms with van der Waals surface area (Å²) in [5, 5.41) is 9.79. The first-order chi connectivity index (χ1) is 8.49. The highest BCUT2D eigenvalue weighted by Crippen LogP contribution is 2.12. The quantitative estimate of drug-likeness (QED) is 0.596. The van der Waals surface area contributed by atoms with Crippen LogP contribution in [0.15, 0.2) is 30.3 Å². The zero-order valence-corrected chi connectivity index (χ0v) is 10.9. The Balaban J connectivity index is 2.40. The van der Waals surface area contributed by atoms with Gasteiger partial charge in [0.1, 0.15) is 5.75 Å². The number of para-hydroxylation sites is 1. The Morgan fingerprint density at radius 2 is 1.94 bits per heavy atom. The van der Waals surface area contributed by atoms with Crippen molar-refractivity contribution >= 4 is 5.97 Å². The Morgan fingerprint density at radius 3 is 2.50 bits per heavy atom. The van der Waals surface area contributed by atoms with Crippen LogP contribution in [0.4, 0.5) is 0 Å². The van der Waals surface area contributed by atoms with Gasteiger partial charge < -0.3 is 15.6 Å². The van der Waals surface area contributed by atoms with Crippen LogP contribution in [-0.2, 0) is 4.79 Å². The normalized spacial score (nSPS) is 14.3. The number of benzene rings is 1. The van der Waals surface area contributed by atoms with Gasteiger partial charge in [-0.2, -0.15) is 0 Å². The number of esters is 1. The van der Waals surface area contributed by atoms with E-state index in [-0.39, 0.29) is 6.42 Å². The molecule has 0 radical (unpaired) electrons. The van der Waals surface area contributed by atoms with Crippen LogP contribution >= 0.6 is 0 Å². The number of ether oxygens (including phenoxy) is 1. The molecule has 0 aliphatic carbocycles. The summed E-state index contributed by atoms with van der Waals surface area (Å²) in [4.78, 5) is 11.6. The van der Waals surface area contributed by atoms with Crippen LogP contribution in [0.3, 0.4) is 0 Å². The molecule has 18 heavy (non-hydrogen) atoms. The number of aliphatic hydroxyl groups is 1. The van der Waals surface area contributed by atoms with Crippen molar-refractivity contribution in [3.8, 4) is 5.75 Å². The number of carbonyl (C=O) groups is 1. The molecule has 0 aliphatic heterocycles. The molecule has 0 heterocycles. The summed E-state index contributed by atoms with van der Waals surface area (Å²) in [6.07, 6.45) is -0.258. The summed E-state index contributed by atoms with van der Waals surface area (Å²) in [5.41, 5.74) is 5.80. The lowest BCUT2D eigenvalue weighted by Crippen LogP contribution is -2.38. The largest absolute Gasteiger partial charge is 0.426 e. The highest BCUT2D eigenvalue weighted by molar-refractivity contribution is 5.72. The molecule has 0 aliphatic rings. The van der Waals surface area contributed by atoms with E-state index in [0.29, 0.717) is 18.1 Å². The molecular weight excluding hydrogens is 230 g/mol. The Bertz CT molecular complexity index is 365. The van der Waals surface area contributed by atoms with E-state index in [9.17, 15) is 9.90 Å². The van der Waals surface area contributed by atoms with Crippen molar-refractivity contribution in [1.82, 2.24) is 0 Å². The second-order valence-corrected chi connectivity index (χ2v) is 4.85. The van der Waals surface area contributed by atoms with Crippen molar-refractivity contribution in [3.63, 3.8) is 0 Å². The highest BCUT2D eigenvalue weighted by Gasteiger charge is 2.20. The van der Waals surface area contributed by atoms with E-state index < -0.39 is 18.1 Å². The summed E-state index contributed by atoms with van der Waals surface area (Å²) in [6, 6.07) is 8.39. The van der Waals surface area contributed by atoms with Gasteiger partial charge in [-0.3, -0.25) is 4.79 Å². The molecule has 0 spiro atoms. The van der Waals surface area contributed by atoms with Gasteiger partial charge in [-0.25, -0.2) is 0 Å². The van der Waals surface area contributed by atoms with Gasteiger partial charge in [0, 0.05) is 6.04 Å². The van der Waals surface area contributed by atoms with Crippen LogP contribution in [0.5, 0.6) is 5.75 Å². The van der Waals surface area contributed by atoms with E-state index in [1.807, 2.05) is 19.9 Å². The summed E-state index contributed by atoms with van der Waals surface area (Å²) >= 11 is 0. The summed E-state index contributed by atoms with van der Waals surface area (Å²) in [7, 11) is 0. The molecule has 2 atom stereocenters. The van der Waals surface area contributed by atoms with Gasteiger partial charge in [0.25, 0.3) is 0 Å². The predicted molar refractivity (Wildman–Crippen MR) is 70.1 cm³/mol. The molecule has 1 aromatic rings. The van der Waals surface area contributed by atoms with Crippen molar-refractivity contribution in [2.45, 2.75) is 38.8 Å². The molecule has 4 nitrogen and oxygen atoms in total. The number of rotatable bonds is 6. The zero-order valence-electron chi connectivity index (χ0n) is 10.9. The van der Waals surface area contributed by atoms with E-state index in [1.165, 1.54) is 0 Å². The third-order valence-electron chi connectivity index (χ3n) is 2.59. The number of hydrogen-bond acceptors (Lipinski definition) is 4. The molecule has 0 amide bonds. The molecular formula is C14H21NO3. The minimum Gasteiger partial charge on any atom is -0.426 e. The molecule has 4 heteroatoms. The lowest BCUT2D eigenvalue weighted by molar-refractivity contribution is -0.136. The molecule has 0 unspecified atom stereocenters. The van der Waals surface area contributed by atoms with E-state index in [0.717, 1.165) is 0 Å². The lowest BCUT2D eigenvalue weighted by Gasteiger charge is -2.19. The maximum atomic E-state index is 11.6. The Labute approximate surface area is 108 Å². The van der Waals surface area contributed by atoms with Crippen LogP contribution in [-0.4, -0.2) is 23.2 Å². The van der Waals surface area contributed by atoms with Gasteiger partial charge in [0.05, 0.1) is 12.5 Å². The fourth-order valence-corrected chi connectivity index (χ4v) is 1.69. The van der Waals surface area contributed by atoms with Gasteiger partial charge in [0.15, 0.2) is 0 Å². The lowest BCUT2D eigenvalue weighted by atomic mass is 9.98. The number of nitrogens with two attached hydrogens (primary N) is 1. The van der Waals surface area contributed by atoms with E-state index in [4.69, 9.17) is 10.5 Å². The Kier molecular flexibility index (Phi) is 5.82. The van der Waals surface area contributed by atoms with Crippen LogP contribution in [0.2, 0.25) is 0 Å². The van der Waals surface area contributed by atoms with Gasteiger partial charge in [-0.15, -0.1) is 0 Å². The van der Waals surface area contributed by atoms with Gasteiger partial charge >= 0.3 is 5.97 Å². The second kappa shape index (κ2) is 7.13. The number of aliphatic hydroxyl groups excluding tert-OH is 1. The van der Waals surface area contributed by atoms with Crippen LogP contribution in [0.1, 0.15) is 26.7 Å². The fourth-order valence-electron chi connectivity index (χ4n) is 1.69. The third kappa shape index (κ3) is 5.29. The van der Waals surface area contributed by atoms with Crippen molar-refractivity contribution in [3.05, 3.63) is 30.3 Å². The first kappa shape index (κ1) is 14.7. The minimum atomic E-state index is -0.858. The average Bonchev–Trinajstić information content (AvgIpc) is 2.29. The average molecular weight is 251 g/mol. The molecule has 0 saturated heterocycles. The van der Waals surface area contributed by atoms with Crippen LogP contribution in [0.25, 0.3) is 0 Å². The van der Waals surface area contributed by atoms with Crippen molar-refractivity contribution in [2.24, 2.45) is 11.7 Å². The van der Waals surface area contributed by atoms with Crippen molar-refractivity contribution in [1.29, 1.82) is 0 Å². The Hall–Kier alpha value is -1.39.